The van der Waals surface area contributed by atoms with Crippen LogP contribution in [0.2, 0.25) is 0 Å². The molecule has 0 nitrogen and oxygen atoms in total. The van der Waals surface area contributed by atoms with E-state index in [1.807, 2.05) is 0 Å². The van der Waals surface area contributed by atoms with Crippen LogP contribution in [-0.2, 0) is 6.42 Å². The first-order valence-electron chi connectivity index (χ1n) is 15.6. The van der Waals surface area contributed by atoms with Gasteiger partial charge in [0.2, 0.25) is 0 Å². The van der Waals surface area contributed by atoms with Crippen molar-refractivity contribution in [2.75, 3.05) is 0 Å². The summed E-state index contributed by atoms with van der Waals surface area (Å²) in [4.78, 5) is 0. The summed E-state index contributed by atoms with van der Waals surface area (Å²) in [5.41, 5.74) is 10.7. The molecular weight excluding hydrogens is 528 g/mol. The topological polar surface area (TPSA) is 0 Å². The van der Waals surface area contributed by atoms with Crippen molar-refractivity contribution in [1.82, 2.24) is 0 Å². The second kappa shape index (κ2) is 10.1. The normalized spacial score (nSPS) is 13.0. The molecule has 0 heterocycles. The minimum atomic E-state index is 1.05. The van der Waals surface area contributed by atoms with Crippen molar-refractivity contribution in [3.8, 4) is 22.3 Å². The van der Waals surface area contributed by atoms with Crippen LogP contribution in [0.5, 0.6) is 0 Å². The van der Waals surface area contributed by atoms with Gasteiger partial charge in [-0.2, -0.15) is 0 Å². The molecule has 9 rings (SSSR count). The van der Waals surface area contributed by atoms with Crippen molar-refractivity contribution in [3.63, 3.8) is 0 Å². The van der Waals surface area contributed by atoms with Crippen molar-refractivity contribution >= 4 is 54.7 Å². The Labute approximate surface area is 257 Å². The predicted octanol–water partition coefficient (Wildman–Crippen LogP) is 12.1. The summed E-state index contributed by atoms with van der Waals surface area (Å²) in [6.45, 7) is 0. The zero-order chi connectivity index (χ0) is 29.0. The number of benzene rings is 8. The third-order valence-electron chi connectivity index (χ3n) is 9.54. The molecule has 0 aromatic heterocycles. The maximum atomic E-state index is 2.47. The molecule has 0 bridgehead atoms. The van der Waals surface area contributed by atoms with Gasteiger partial charge in [0.05, 0.1) is 0 Å². The Morgan fingerprint density at radius 2 is 1.02 bits per heavy atom. The molecule has 8 aromatic carbocycles. The Bertz CT molecular complexity index is 2430. The van der Waals surface area contributed by atoms with Gasteiger partial charge in [-0.25, -0.2) is 0 Å². The third kappa shape index (κ3) is 3.99. The number of rotatable bonds is 3. The van der Waals surface area contributed by atoms with Crippen LogP contribution in [-0.4, -0.2) is 0 Å². The van der Waals surface area contributed by atoms with E-state index in [1.54, 1.807) is 0 Å². The van der Waals surface area contributed by atoms with Gasteiger partial charge in [-0.3, -0.25) is 0 Å². The van der Waals surface area contributed by atoms with Gasteiger partial charge in [0, 0.05) is 0 Å². The van der Waals surface area contributed by atoms with Crippen LogP contribution in [0.4, 0.5) is 0 Å². The zero-order valence-electron chi connectivity index (χ0n) is 24.4. The highest BCUT2D eigenvalue weighted by molar-refractivity contribution is 6.24. The van der Waals surface area contributed by atoms with Gasteiger partial charge in [0.15, 0.2) is 0 Å². The minimum absolute atomic E-state index is 1.05. The van der Waals surface area contributed by atoms with Crippen molar-refractivity contribution in [2.45, 2.75) is 12.8 Å². The van der Waals surface area contributed by atoms with Crippen LogP contribution in [0.25, 0.3) is 77.0 Å². The molecular formula is C44H30. The van der Waals surface area contributed by atoms with Gasteiger partial charge in [-0.15, -0.1) is 0 Å². The van der Waals surface area contributed by atoms with Crippen LogP contribution < -0.4 is 0 Å². The van der Waals surface area contributed by atoms with E-state index in [-0.39, 0.29) is 0 Å². The van der Waals surface area contributed by atoms with E-state index >= 15 is 0 Å². The summed E-state index contributed by atoms with van der Waals surface area (Å²) in [6, 6.07) is 56.2. The fraction of sp³-hybridized carbons (Fsp3) is 0.0455. The van der Waals surface area contributed by atoms with Crippen LogP contribution >= 0.6 is 0 Å². The average molecular weight is 559 g/mol. The van der Waals surface area contributed by atoms with Gasteiger partial charge in [0.1, 0.15) is 0 Å². The summed E-state index contributed by atoms with van der Waals surface area (Å²) in [7, 11) is 0. The molecule has 0 heteroatoms. The summed E-state index contributed by atoms with van der Waals surface area (Å²) in [6.07, 6.45) is 4.54. The summed E-state index contributed by atoms with van der Waals surface area (Å²) < 4.78 is 0. The number of fused-ring (bicyclic) bond motifs is 5. The van der Waals surface area contributed by atoms with Gasteiger partial charge >= 0.3 is 0 Å². The molecule has 0 amide bonds. The second-order valence-corrected chi connectivity index (χ2v) is 12.0. The average Bonchev–Trinajstić information content (AvgIpc) is 3.09. The molecule has 0 radical (unpaired) electrons. The smallest absolute Gasteiger partial charge is 0.00201 e. The third-order valence-corrected chi connectivity index (χ3v) is 9.54. The van der Waals surface area contributed by atoms with Gasteiger partial charge < -0.3 is 0 Å². The quantitative estimate of drug-likeness (QED) is 0.189. The highest BCUT2D eigenvalue weighted by Crippen LogP contribution is 2.46. The van der Waals surface area contributed by atoms with Crippen LogP contribution in [0, 0.1) is 0 Å². The maximum Gasteiger partial charge on any atom is -0.00201 e. The molecule has 0 spiro atoms. The van der Waals surface area contributed by atoms with E-state index in [9.17, 15) is 0 Å². The molecule has 44 heavy (non-hydrogen) atoms. The largest absolute Gasteiger partial charge is 0.0620 e. The number of aryl methyl sites for hydroxylation is 1. The first-order chi connectivity index (χ1) is 21.8. The summed E-state index contributed by atoms with van der Waals surface area (Å²) >= 11 is 0. The molecule has 206 valence electrons. The Hall–Kier alpha value is -5.46. The predicted molar refractivity (Wildman–Crippen MR) is 190 cm³/mol. The van der Waals surface area contributed by atoms with Crippen LogP contribution in [0.3, 0.4) is 0 Å². The Morgan fingerprint density at radius 1 is 0.364 bits per heavy atom. The molecule has 0 N–H and O–H groups in total. The zero-order valence-corrected chi connectivity index (χ0v) is 24.4. The Morgan fingerprint density at radius 3 is 1.91 bits per heavy atom. The fourth-order valence-electron chi connectivity index (χ4n) is 7.43. The van der Waals surface area contributed by atoms with Crippen molar-refractivity contribution in [2.24, 2.45) is 0 Å². The summed E-state index contributed by atoms with van der Waals surface area (Å²) in [5, 5.41) is 10.3. The van der Waals surface area contributed by atoms with Crippen molar-refractivity contribution in [1.29, 1.82) is 0 Å². The first-order valence-corrected chi connectivity index (χ1v) is 15.6. The lowest BCUT2D eigenvalue weighted by Crippen LogP contribution is -1.99. The molecule has 0 unspecified atom stereocenters. The highest BCUT2D eigenvalue weighted by Gasteiger charge is 2.20. The van der Waals surface area contributed by atoms with E-state index in [2.05, 4.69) is 158 Å². The van der Waals surface area contributed by atoms with Gasteiger partial charge in [-0.05, 0) is 113 Å². The molecule has 0 atom stereocenters. The van der Waals surface area contributed by atoms with E-state index in [1.165, 1.54) is 87.6 Å². The van der Waals surface area contributed by atoms with Gasteiger partial charge in [-0.1, -0.05) is 146 Å². The van der Waals surface area contributed by atoms with E-state index in [4.69, 9.17) is 0 Å². The molecule has 8 aromatic rings. The monoisotopic (exact) mass is 558 g/mol. The first kappa shape index (κ1) is 25.1. The molecule has 0 saturated heterocycles. The Kier molecular flexibility index (Phi) is 5.74. The molecule has 0 aliphatic heterocycles. The number of hydrogen-bond donors (Lipinski definition) is 0. The molecule has 0 saturated carbocycles. The lowest BCUT2D eigenvalue weighted by atomic mass is 9.82. The van der Waals surface area contributed by atoms with Crippen molar-refractivity contribution < 1.29 is 0 Å². The van der Waals surface area contributed by atoms with Crippen molar-refractivity contribution in [3.05, 3.63) is 168 Å². The minimum Gasteiger partial charge on any atom is -0.0620 e. The SMILES string of the molecule is C1=C(c2ccc3c(-c4cccc5ccccc45)c4ccccc4c(-c4ccc5ccccc5c4)c3c2)CCc2ccccc21. The molecule has 0 fully saturated rings. The molecule has 1 aliphatic rings. The van der Waals surface area contributed by atoms with Crippen LogP contribution in [0.15, 0.2) is 152 Å². The number of hydrogen-bond acceptors (Lipinski definition) is 0. The lowest BCUT2D eigenvalue weighted by molar-refractivity contribution is 1.00. The summed E-state index contributed by atoms with van der Waals surface area (Å²) in [5.74, 6) is 0. The maximum absolute atomic E-state index is 2.47. The highest BCUT2D eigenvalue weighted by atomic mass is 14.2. The lowest BCUT2D eigenvalue weighted by Gasteiger charge is -2.21. The standard InChI is InChI=1S/C44H30/c1-3-13-32-26-34(22-20-29(32)10-1)35-24-25-41-42(28-35)43(36-23-21-30-11-2-4-14-33(30)27-36)39-17-7-8-18-40(39)44(41)38-19-9-15-31-12-5-6-16-37(31)38/h1-19,21,23-28H,20,22H2. The fourth-order valence-corrected chi connectivity index (χ4v) is 7.43. The number of allylic oxidation sites excluding steroid dienone is 1. The van der Waals surface area contributed by atoms with E-state index < -0.39 is 0 Å². The van der Waals surface area contributed by atoms with E-state index in [0.717, 1.165) is 12.8 Å². The van der Waals surface area contributed by atoms with Gasteiger partial charge in [0.25, 0.3) is 0 Å². The second-order valence-electron chi connectivity index (χ2n) is 12.0. The Balaban J connectivity index is 1.40. The van der Waals surface area contributed by atoms with Crippen LogP contribution in [0.1, 0.15) is 23.1 Å². The van der Waals surface area contributed by atoms with E-state index in [0.29, 0.717) is 0 Å². The molecule has 1 aliphatic carbocycles.